The first-order valence-electron chi connectivity index (χ1n) is 4.10. The Hall–Kier alpha value is -1.66. The maximum Gasteiger partial charge on any atom is 0.321 e. The first-order chi connectivity index (χ1) is 7.28. The highest BCUT2D eigenvalue weighted by atomic mass is 32.2. The van der Waals surface area contributed by atoms with Crippen LogP contribution in [0, 0.1) is 11.3 Å². The van der Waals surface area contributed by atoms with E-state index >= 15 is 0 Å². The molecule has 16 heavy (non-hydrogen) atoms. The van der Waals surface area contributed by atoms with E-state index < -0.39 is 40.2 Å². The molecule has 0 radical (unpaired) electrons. The second-order valence-electron chi connectivity index (χ2n) is 2.86. The van der Waals surface area contributed by atoms with Gasteiger partial charge in [0.2, 0.25) is 10.0 Å². The lowest BCUT2D eigenvalue weighted by Gasteiger charge is -2.11. The number of hydrogen-bond donors (Lipinski definition) is 3. The molecule has 3 N–H and O–H groups in total. The Morgan fingerprint density at radius 3 is 2.31 bits per heavy atom. The molecule has 0 aromatic rings. The van der Waals surface area contributed by atoms with E-state index in [2.05, 4.69) is 0 Å². The van der Waals surface area contributed by atoms with E-state index in [0.29, 0.717) is 0 Å². The second kappa shape index (κ2) is 6.04. The van der Waals surface area contributed by atoms with Crippen molar-refractivity contribution in [2.45, 2.75) is 18.9 Å². The van der Waals surface area contributed by atoms with Crippen LogP contribution in [0.2, 0.25) is 0 Å². The van der Waals surface area contributed by atoms with Gasteiger partial charge in [-0.15, -0.1) is 0 Å². The van der Waals surface area contributed by atoms with Crippen molar-refractivity contribution in [3.05, 3.63) is 0 Å². The average molecular weight is 250 g/mol. The number of nitrogens with one attached hydrogen (secondary N) is 1. The molecular formula is C7H10N2O6S. The number of carbonyl (C=O) groups is 2. The number of carboxylic acids is 2. The molecule has 0 heterocycles. The van der Waals surface area contributed by atoms with Crippen molar-refractivity contribution in [1.82, 2.24) is 4.72 Å². The van der Waals surface area contributed by atoms with E-state index in [1.165, 1.54) is 6.07 Å². The summed E-state index contributed by atoms with van der Waals surface area (Å²) in [6.07, 6.45) is -0.860. The van der Waals surface area contributed by atoms with E-state index in [1.807, 2.05) is 0 Å². The molecule has 0 unspecified atom stereocenters. The molecule has 0 fully saturated rings. The first kappa shape index (κ1) is 14.3. The van der Waals surface area contributed by atoms with Crippen LogP contribution >= 0.6 is 0 Å². The molecule has 0 spiro atoms. The van der Waals surface area contributed by atoms with Crippen molar-refractivity contribution in [3.8, 4) is 6.07 Å². The smallest absolute Gasteiger partial charge is 0.321 e. The zero-order chi connectivity index (χ0) is 12.8. The molecule has 90 valence electrons. The van der Waals surface area contributed by atoms with Gasteiger partial charge in [0.25, 0.3) is 0 Å². The highest BCUT2D eigenvalue weighted by Crippen LogP contribution is 2.00. The van der Waals surface area contributed by atoms with E-state index in [1.54, 1.807) is 4.72 Å². The van der Waals surface area contributed by atoms with Crippen LogP contribution in [0.15, 0.2) is 0 Å². The van der Waals surface area contributed by atoms with Crippen LogP contribution in [0.3, 0.4) is 0 Å². The summed E-state index contributed by atoms with van der Waals surface area (Å²) >= 11 is 0. The van der Waals surface area contributed by atoms with E-state index in [9.17, 15) is 18.0 Å². The summed E-state index contributed by atoms with van der Waals surface area (Å²) in [5, 5.41) is 25.1. The summed E-state index contributed by atoms with van der Waals surface area (Å²) < 4.78 is 23.8. The maximum atomic E-state index is 11.0. The van der Waals surface area contributed by atoms with Crippen molar-refractivity contribution in [1.29, 1.82) is 5.26 Å². The Morgan fingerprint density at radius 2 is 1.94 bits per heavy atom. The Kier molecular flexibility index (Phi) is 5.41. The van der Waals surface area contributed by atoms with Gasteiger partial charge < -0.3 is 10.2 Å². The number of sulfonamides is 1. The lowest BCUT2D eigenvalue weighted by Crippen LogP contribution is -2.41. The van der Waals surface area contributed by atoms with Crippen LogP contribution in [-0.2, 0) is 19.6 Å². The van der Waals surface area contributed by atoms with E-state index in [-0.39, 0.29) is 6.42 Å². The molecule has 0 aliphatic heterocycles. The predicted molar refractivity (Wildman–Crippen MR) is 50.8 cm³/mol. The molecule has 0 rings (SSSR count). The van der Waals surface area contributed by atoms with Gasteiger partial charge in [-0.2, -0.15) is 5.26 Å². The molecule has 0 aromatic heterocycles. The molecule has 8 nitrogen and oxygen atoms in total. The SMILES string of the molecule is N#CCS(=O)(=O)N[C@@H](CCC(=O)O)C(=O)O. The third-order valence-electron chi connectivity index (χ3n) is 1.52. The number of aliphatic carboxylic acids is 2. The molecule has 0 saturated carbocycles. The third-order valence-corrected chi connectivity index (χ3v) is 2.67. The van der Waals surface area contributed by atoms with Crippen molar-refractivity contribution in [2.24, 2.45) is 0 Å². The second-order valence-corrected chi connectivity index (χ2v) is 4.61. The standard InChI is InChI=1S/C7H10N2O6S/c8-3-4-16(14,15)9-5(7(12)13)1-2-6(10)11/h5,9H,1-2,4H2,(H,10,11)(H,12,13)/t5-/m0/s1. The molecule has 0 aromatic carbocycles. The van der Waals surface area contributed by atoms with Crippen molar-refractivity contribution in [2.75, 3.05) is 5.75 Å². The van der Waals surface area contributed by atoms with Gasteiger partial charge in [-0.3, -0.25) is 9.59 Å². The van der Waals surface area contributed by atoms with Crippen LogP contribution < -0.4 is 4.72 Å². The van der Waals surface area contributed by atoms with Gasteiger partial charge in [0.1, 0.15) is 6.04 Å². The topological polar surface area (TPSA) is 145 Å². The van der Waals surface area contributed by atoms with Crippen molar-refractivity contribution >= 4 is 22.0 Å². The quantitative estimate of drug-likeness (QED) is 0.511. The van der Waals surface area contributed by atoms with Gasteiger partial charge in [-0.05, 0) is 6.42 Å². The highest BCUT2D eigenvalue weighted by Gasteiger charge is 2.24. The fourth-order valence-electron chi connectivity index (χ4n) is 0.844. The number of nitrogens with zero attached hydrogens (tertiary/aromatic N) is 1. The summed E-state index contributed by atoms with van der Waals surface area (Å²) in [6.45, 7) is 0. The largest absolute Gasteiger partial charge is 0.481 e. The van der Waals surface area contributed by atoms with E-state index in [0.717, 1.165) is 0 Å². The Balaban J connectivity index is 4.53. The Labute approximate surface area is 91.5 Å². The van der Waals surface area contributed by atoms with Crippen molar-refractivity contribution < 1.29 is 28.2 Å². The summed E-state index contributed by atoms with van der Waals surface area (Å²) in [7, 11) is -4.01. The predicted octanol–water partition coefficient (Wildman–Crippen LogP) is -1.25. The van der Waals surface area contributed by atoms with Gasteiger partial charge in [0.15, 0.2) is 5.75 Å². The number of carboxylic acid groups (broad SMARTS) is 2. The lowest BCUT2D eigenvalue weighted by molar-refractivity contribution is -0.140. The first-order valence-corrected chi connectivity index (χ1v) is 5.75. The number of hydrogen-bond acceptors (Lipinski definition) is 5. The van der Waals surface area contributed by atoms with Crippen LogP contribution in [0.1, 0.15) is 12.8 Å². The molecule has 0 bridgehead atoms. The summed E-state index contributed by atoms with van der Waals surface area (Å²) in [6, 6.07) is -0.175. The minimum Gasteiger partial charge on any atom is -0.481 e. The molecule has 0 amide bonds. The normalized spacial score (nSPS) is 12.7. The molecule has 9 heteroatoms. The zero-order valence-electron chi connectivity index (χ0n) is 8.08. The highest BCUT2D eigenvalue weighted by molar-refractivity contribution is 7.89. The molecular weight excluding hydrogens is 240 g/mol. The molecule has 1 atom stereocenters. The third kappa shape index (κ3) is 5.94. The maximum absolute atomic E-state index is 11.0. The molecule has 0 saturated heterocycles. The van der Waals surface area contributed by atoms with Crippen LogP contribution in [0.5, 0.6) is 0 Å². The van der Waals surface area contributed by atoms with Gasteiger partial charge >= 0.3 is 11.9 Å². The van der Waals surface area contributed by atoms with Crippen LogP contribution in [-0.4, -0.2) is 42.4 Å². The molecule has 0 aliphatic rings. The lowest BCUT2D eigenvalue weighted by atomic mass is 10.2. The van der Waals surface area contributed by atoms with Gasteiger partial charge in [0.05, 0.1) is 6.07 Å². The fraction of sp³-hybridized carbons (Fsp3) is 0.571. The Morgan fingerprint density at radius 1 is 1.38 bits per heavy atom. The molecule has 0 aliphatic carbocycles. The van der Waals surface area contributed by atoms with E-state index in [4.69, 9.17) is 15.5 Å². The van der Waals surface area contributed by atoms with Crippen LogP contribution in [0.4, 0.5) is 0 Å². The fourth-order valence-corrected chi connectivity index (χ4v) is 1.75. The average Bonchev–Trinajstić information content (AvgIpc) is 2.11. The number of rotatable bonds is 7. The summed E-state index contributed by atoms with van der Waals surface area (Å²) in [4.78, 5) is 20.8. The Bertz CT molecular complexity index is 409. The monoisotopic (exact) mass is 250 g/mol. The van der Waals surface area contributed by atoms with Gasteiger partial charge in [0, 0.05) is 6.42 Å². The van der Waals surface area contributed by atoms with Gasteiger partial charge in [-0.25, -0.2) is 13.1 Å². The van der Waals surface area contributed by atoms with Crippen LogP contribution in [0.25, 0.3) is 0 Å². The summed E-state index contributed by atoms with van der Waals surface area (Å²) in [5.74, 6) is -3.59. The minimum atomic E-state index is -4.01. The van der Waals surface area contributed by atoms with Gasteiger partial charge in [-0.1, -0.05) is 0 Å². The van der Waals surface area contributed by atoms with Crippen molar-refractivity contribution in [3.63, 3.8) is 0 Å². The summed E-state index contributed by atoms with van der Waals surface area (Å²) in [5.41, 5.74) is 0. The number of nitriles is 1. The minimum absolute atomic E-state index is 0.380. The zero-order valence-corrected chi connectivity index (χ0v) is 8.90.